The third-order valence-electron chi connectivity index (χ3n) is 5.09. The summed E-state index contributed by atoms with van der Waals surface area (Å²) in [5, 5.41) is 32.8. The molecule has 2 aromatic carbocycles. The Morgan fingerprint density at radius 3 is 2.03 bits per heavy atom. The number of nitrogens with two attached hydrogens (primary N) is 1. The molecule has 2 aromatic rings. The third kappa shape index (κ3) is 9.39. The van der Waals surface area contributed by atoms with Crippen molar-refractivity contribution in [3.8, 4) is 0 Å². The second kappa shape index (κ2) is 13.3. The number of carboxylic acid groups (broad SMARTS) is 2. The van der Waals surface area contributed by atoms with E-state index in [0.29, 0.717) is 11.1 Å². The first kappa shape index (κ1) is 28.4. The van der Waals surface area contributed by atoms with Crippen LogP contribution in [0.4, 0.5) is 4.39 Å². The maximum atomic E-state index is 13.1. The van der Waals surface area contributed by atoms with Crippen LogP contribution in [0, 0.1) is 11.2 Å². The SMILES string of the molecule is N=C(N)c1ccc(C(=O)NCCC(=O)N[C@@H](CC(=O)O)C(=O)N[C@H](Cc2ccc(F)cc2)C(=O)O)cc1. The number of nitrogens with one attached hydrogen (secondary N) is 4. The number of benzene rings is 2. The molecule has 0 saturated carbocycles. The normalized spacial score (nSPS) is 12.0. The van der Waals surface area contributed by atoms with Gasteiger partial charge in [-0.15, -0.1) is 0 Å². The highest BCUT2D eigenvalue weighted by molar-refractivity contribution is 5.98. The molecule has 196 valence electrons. The molecule has 2 rings (SSSR count). The van der Waals surface area contributed by atoms with Gasteiger partial charge < -0.3 is 31.9 Å². The number of rotatable bonds is 13. The number of amides is 3. The van der Waals surface area contributed by atoms with E-state index >= 15 is 0 Å². The van der Waals surface area contributed by atoms with Gasteiger partial charge in [0.15, 0.2) is 0 Å². The summed E-state index contributed by atoms with van der Waals surface area (Å²) in [6, 6.07) is 7.79. The second-order valence-electron chi connectivity index (χ2n) is 7.94. The molecule has 0 radical (unpaired) electrons. The highest BCUT2D eigenvalue weighted by Crippen LogP contribution is 2.07. The van der Waals surface area contributed by atoms with Gasteiger partial charge in [0.1, 0.15) is 23.7 Å². The van der Waals surface area contributed by atoms with Crippen molar-refractivity contribution in [2.45, 2.75) is 31.3 Å². The highest BCUT2D eigenvalue weighted by Gasteiger charge is 2.28. The summed E-state index contributed by atoms with van der Waals surface area (Å²) >= 11 is 0. The van der Waals surface area contributed by atoms with E-state index in [-0.39, 0.29) is 30.8 Å². The fraction of sp³-hybridized carbons (Fsp3) is 0.250. The maximum Gasteiger partial charge on any atom is 0.326 e. The molecular formula is C24H26FN5O7. The van der Waals surface area contributed by atoms with E-state index in [1.807, 2.05) is 0 Å². The molecule has 3 amide bonds. The van der Waals surface area contributed by atoms with Gasteiger partial charge in [0, 0.05) is 30.5 Å². The summed E-state index contributed by atoms with van der Waals surface area (Å²) in [4.78, 5) is 59.9. The fourth-order valence-electron chi connectivity index (χ4n) is 3.17. The summed E-state index contributed by atoms with van der Waals surface area (Å²) in [7, 11) is 0. The Kier molecular flexibility index (Phi) is 10.2. The molecule has 8 N–H and O–H groups in total. The first-order chi connectivity index (χ1) is 17.5. The van der Waals surface area contributed by atoms with E-state index in [1.165, 1.54) is 36.4 Å². The lowest BCUT2D eigenvalue weighted by Gasteiger charge is -2.20. The van der Waals surface area contributed by atoms with Crippen molar-refractivity contribution in [3.63, 3.8) is 0 Å². The van der Waals surface area contributed by atoms with E-state index < -0.39 is 54.0 Å². The molecule has 2 atom stereocenters. The summed E-state index contributed by atoms with van der Waals surface area (Å²) in [6.07, 6.45) is -1.30. The summed E-state index contributed by atoms with van der Waals surface area (Å²) < 4.78 is 13.1. The molecule has 0 aliphatic carbocycles. The van der Waals surface area contributed by atoms with E-state index in [9.17, 15) is 33.5 Å². The monoisotopic (exact) mass is 515 g/mol. The van der Waals surface area contributed by atoms with Crippen LogP contribution in [0.15, 0.2) is 48.5 Å². The Balaban J connectivity index is 1.93. The topological polar surface area (TPSA) is 212 Å². The van der Waals surface area contributed by atoms with Crippen LogP contribution in [0.25, 0.3) is 0 Å². The van der Waals surface area contributed by atoms with Gasteiger partial charge in [0.05, 0.1) is 6.42 Å². The van der Waals surface area contributed by atoms with Crippen molar-refractivity contribution in [2.75, 3.05) is 6.54 Å². The van der Waals surface area contributed by atoms with Crippen molar-refractivity contribution in [1.82, 2.24) is 16.0 Å². The van der Waals surface area contributed by atoms with Crippen molar-refractivity contribution >= 4 is 35.5 Å². The fourth-order valence-corrected chi connectivity index (χ4v) is 3.17. The average molecular weight is 515 g/mol. The molecule has 0 aliphatic rings. The molecule has 0 spiro atoms. The maximum absolute atomic E-state index is 13.1. The number of carbonyl (C=O) groups is 5. The van der Waals surface area contributed by atoms with Gasteiger partial charge in [-0.1, -0.05) is 24.3 Å². The van der Waals surface area contributed by atoms with Gasteiger partial charge in [-0.25, -0.2) is 9.18 Å². The number of nitrogen functional groups attached to an aromatic ring is 1. The minimum absolute atomic E-state index is 0.136. The van der Waals surface area contributed by atoms with E-state index in [2.05, 4.69) is 16.0 Å². The van der Waals surface area contributed by atoms with Gasteiger partial charge in [0.25, 0.3) is 5.91 Å². The molecule has 0 unspecified atom stereocenters. The first-order valence-electron chi connectivity index (χ1n) is 11.0. The molecule has 37 heavy (non-hydrogen) atoms. The van der Waals surface area contributed by atoms with E-state index in [1.54, 1.807) is 0 Å². The van der Waals surface area contributed by atoms with Crippen molar-refractivity contribution in [3.05, 3.63) is 71.0 Å². The molecule has 12 nitrogen and oxygen atoms in total. The molecule has 0 fully saturated rings. The van der Waals surface area contributed by atoms with Crippen molar-refractivity contribution < 1.29 is 38.6 Å². The third-order valence-corrected chi connectivity index (χ3v) is 5.09. The van der Waals surface area contributed by atoms with Crippen LogP contribution in [0.1, 0.15) is 34.3 Å². The molecule has 13 heteroatoms. The molecule has 0 aliphatic heterocycles. The van der Waals surface area contributed by atoms with Crippen molar-refractivity contribution in [2.24, 2.45) is 5.73 Å². The number of hydrogen-bond acceptors (Lipinski definition) is 6. The molecular weight excluding hydrogens is 489 g/mol. The van der Waals surface area contributed by atoms with Gasteiger partial charge >= 0.3 is 11.9 Å². The largest absolute Gasteiger partial charge is 0.481 e. The molecule has 0 heterocycles. The van der Waals surface area contributed by atoms with Crippen LogP contribution < -0.4 is 21.7 Å². The summed E-state index contributed by atoms with van der Waals surface area (Å²) in [6.45, 7) is -0.136. The van der Waals surface area contributed by atoms with Crippen LogP contribution in [-0.4, -0.2) is 64.3 Å². The lowest BCUT2D eigenvalue weighted by Crippen LogP contribution is -2.53. The number of amidine groups is 1. The molecule has 0 saturated heterocycles. The zero-order valence-electron chi connectivity index (χ0n) is 19.5. The Bertz CT molecular complexity index is 1170. The number of carbonyl (C=O) groups excluding carboxylic acids is 3. The Labute approximate surface area is 210 Å². The predicted molar refractivity (Wildman–Crippen MR) is 128 cm³/mol. The van der Waals surface area contributed by atoms with E-state index in [4.69, 9.17) is 16.2 Å². The van der Waals surface area contributed by atoms with Gasteiger partial charge in [0.2, 0.25) is 11.8 Å². The summed E-state index contributed by atoms with van der Waals surface area (Å²) in [5.74, 6) is -5.78. The van der Waals surface area contributed by atoms with Crippen LogP contribution in [0.5, 0.6) is 0 Å². The Hall–Kier alpha value is -4.81. The zero-order chi connectivity index (χ0) is 27.5. The second-order valence-corrected chi connectivity index (χ2v) is 7.94. The lowest BCUT2D eigenvalue weighted by molar-refractivity contribution is -0.143. The van der Waals surface area contributed by atoms with Crippen LogP contribution in [0.3, 0.4) is 0 Å². The minimum atomic E-state index is -1.57. The smallest absolute Gasteiger partial charge is 0.326 e. The summed E-state index contributed by atoms with van der Waals surface area (Å²) in [5.41, 5.74) is 6.46. The van der Waals surface area contributed by atoms with Gasteiger partial charge in [-0.05, 0) is 29.8 Å². The van der Waals surface area contributed by atoms with Gasteiger partial charge in [-0.3, -0.25) is 24.6 Å². The highest BCUT2D eigenvalue weighted by atomic mass is 19.1. The Morgan fingerprint density at radius 1 is 0.892 bits per heavy atom. The zero-order valence-corrected chi connectivity index (χ0v) is 19.5. The van der Waals surface area contributed by atoms with E-state index in [0.717, 1.165) is 12.1 Å². The molecule has 0 aromatic heterocycles. The predicted octanol–water partition coefficient (Wildman–Crippen LogP) is 0.00127. The standard InChI is InChI=1S/C24H26FN5O7/c25-16-7-1-13(2-8-16)11-18(24(36)37)30-23(35)17(12-20(32)33)29-19(31)9-10-28-22(34)15-5-3-14(4-6-15)21(26)27/h1-8,17-18H,9-12H2,(H3,26,27)(H,28,34)(H,29,31)(H,30,35)(H,32,33)(H,36,37)/t17-,18+/m0/s1. The van der Waals surface area contributed by atoms with Crippen molar-refractivity contribution in [1.29, 1.82) is 5.41 Å². The van der Waals surface area contributed by atoms with Crippen LogP contribution in [-0.2, 0) is 25.6 Å². The number of aliphatic carboxylic acids is 2. The van der Waals surface area contributed by atoms with Gasteiger partial charge in [-0.2, -0.15) is 0 Å². The van der Waals surface area contributed by atoms with Crippen LogP contribution in [0.2, 0.25) is 0 Å². The quantitative estimate of drug-likeness (QED) is 0.142. The lowest BCUT2D eigenvalue weighted by atomic mass is 10.0. The minimum Gasteiger partial charge on any atom is -0.481 e. The van der Waals surface area contributed by atoms with Crippen LogP contribution >= 0.6 is 0 Å². The average Bonchev–Trinajstić information content (AvgIpc) is 2.84. The molecule has 0 bridgehead atoms. The first-order valence-corrected chi connectivity index (χ1v) is 11.0. The number of hydrogen-bond donors (Lipinski definition) is 7. The number of halogens is 1. The Morgan fingerprint density at radius 2 is 1.49 bits per heavy atom. The number of carboxylic acids is 2.